The summed E-state index contributed by atoms with van der Waals surface area (Å²) in [5.74, 6) is 0.908. The molecule has 0 aromatic heterocycles. The van der Waals surface area contributed by atoms with E-state index < -0.39 is 0 Å². The van der Waals surface area contributed by atoms with Crippen LogP contribution >= 0.6 is 0 Å². The molecule has 0 aliphatic carbocycles. The predicted molar refractivity (Wildman–Crippen MR) is 95.1 cm³/mol. The van der Waals surface area contributed by atoms with E-state index in [-0.39, 0.29) is 12.1 Å². The summed E-state index contributed by atoms with van der Waals surface area (Å²) < 4.78 is 16.5. The maximum Gasteiger partial charge on any atom is 0.338 e. The molecule has 0 radical (unpaired) electrons. The van der Waals surface area contributed by atoms with Gasteiger partial charge in [-0.25, -0.2) is 4.79 Å². The van der Waals surface area contributed by atoms with Gasteiger partial charge in [0.05, 0.1) is 5.56 Å². The Balaban J connectivity index is 1.53. The Labute approximate surface area is 148 Å². The quantitative estimate of drug-likeness (QED) is 0.756. The minimum Gasteiger partial charge on any atom is -0.486 e. The minimum absolute atomic E-state index is 0.214. The normalized spacial score (nSPS) is 14.2. The van der Waals surface area contributed by atoms with Crippen LogP contribution in [0.3, 0.4) is 0 Å². The summed E-state index contributed by atoms with van der Waals surface area (Å²) in [7, 11) is 2.02. The molecule has 1 heterocycles. The molecule has 1 aliphatic heterocycles. The van der Waals surface area contributed by atoms with E-state index in [0.717, 1.165) is 6.54 Å². The van der Waals surface area contributed by atoms with Crippen molar-refractivity contribution in [2.45, 2.75) is 19.6 Å². The number of carbonyl (C=O) groups is 1. The molecule has 3 rings (SSSR count). The van der Waals surface area contributed by atoms with E-state index in [2.05, 4.69) is 17.0 Å². The fraction of sp³-hybridized carbons (Fsp3) is 0.350. The first-order valence-corrected chi connectivity index (χ1v) is 8.45. The molecule has 2 aromatic carbocycles. The van der Waals surface area contributed by atoms with Crippen LogP contribution in [0.15, 0.2) is 48.5 Å². The zero-order chi connectivity index (χ0) is 17.6. The summed E-state index contributed by atoms with van der Waals surface area (Å²) >= 11 is 0. The Morgan fingerprint density at radius 3 is 2.60 bits per heavy atom. The van der Waals surface area contributed by atoms with E-state index in [0.29, 0.717) is 36.8 Å². The fourth-order valence-corrected chi connectivity index (χ4v) is 2.86. The molecule has 0 spiro atoms. The van der Waals surface area contributed by atoms with Gasteiger partial charge in [-0.1, -0.05) is 30.3 Å². The Bertz CT molecular complexity index is 717. The highest BCUT2D eigenvalue weighted by atomic mass is 16.6. The molecular weight excluding hydrogens is 318 g/mol. The number of ether oxygens (including phenoxy) is 3. The third kappa shape index (κ3) is 4.73. The Kier molecular flexibility index (Phi) is 5.56. The van der Waals surface area contributed by atoms with Crippen molar-refractivity contribution in [3.05, 3.63) is 59.7 Å². The highest BCUT2D eigenvalue weighted by Gasteiger charge is 2.18. The summed E-state index contributed by atoms with van der Waals surface area (Å²) in [6.45, 7) is 4.39. The van der Waals surface area contributed by atoms with E-state index >= 15 is 0 Å². The van der Waals surface area contributed by atoms with Crippen molar-refractivity contribution in [3.63, 3.8) is 0 Å². The van der Waals surface area contributed by atoms with E-state index in [1.807, 2.05) is 32.2 Å². The molecule has 0 N–H and O–H groups in total. The lowest BCUT2D eigenvalue weighted by Gasteiger charge is -2.22. The first kappa shape index (κ1) is 17.3. The van der Waals surface area contributed by atoms with Crippen LogP contribution in [0.4, 0.5) is 0 Å². The van der Waals surface area contributed by atoms with Crippen LogP contribution < -0.4 is 9.47 Å². The van der Waals surface area contributed by atoms with Crippen molar-refractivity contribution in [2.24, 2.45) is 0 Å². The van der Waals surface area contributed by atoms with Gasteiger partial charge in [-0.3, -0.25) is 4.90 Å². The molecule has 5 heteroatoms. The largest absolute Gasteiger partial charge is 0.486 e. The predicted octanol–water partition coefficient (Wildman–Crippen LogP) is 3.14. The molecule has 5 nitrogen and oxygen atoms in total. The van der Waals surface area contributed by atoms with Crippen molar-refractivity contribution >= 4 is 5.97 Å². The topological polar surface area (TPSA) is 48.0 Å². The lowest BCUT2D eigenvalue weighted by atomic mass is 10.2. The van der Waals surface area contributed by atoms with E-state index in [1.165, 1.54) is 5.56 Å². The first-order valence-electron chi connectivity index (χ1n) is 8.45. The zero-order valence-corrected chi connectivity index (χ0v) is 14.6. The molecule has 0 fully saturated rings. The first-order chi connectivity index (χ1) is 12.1. The SMILES string of the molecule is C[C@@H](CN(C)Cc1ccccc1)OC(=O)c1ccc2c(c1)OCCO2. The van der Waals surface area contributed by atoms with Crippen LogP contribution in [0, 0.1) is 0 Å². The average molecular weight is 341 g/mol. The number of esters is 1. The monoisotopic (exact) mass is 341 g/mol. The van der Waals surface area contributed by atoms with Crippen molar-refractivity contribution in [2.75, 3.05) is 26.8 Å². The van der Waals surface area contributed by atoms with Crippen molar-refractivity contribution < 1.29 is 19.0 Å². The zero-order valence-electron chi connectivity index (χ0n) is 14.6. The number of benzene rings is 2. The van der Waals surface area contributed by atoms with Gasteiger partial charge in [0.15, 0.2) is 11.5 Å². The second-order valence-corrected chi connectivity index (χ2v) is 6.26. The summed E-state index contributed by atoms with van der Waals surface area (Å²) in [4.78, 5) is 14.5. The molecule has 0 amide bonds. The molecule has 0 unspecified atom stereocenters. The smallest absolute Gasteiger partial charge is 0.338 e. The molecule has 132 valence electrons. The fourth-order valence-electron chi connectivity index (χ4n) is 2.86. The molecule has 0 saturated carbocycles. The number of carbonyl (C=O) groups excluding carboxylic acids is 1. The Hall–Kier alpha value is -2.53. The summed E-state index contributed by atoms with van der Waals surface area (Å²) in [5, 5.41) is 0. The molecule has 0 bridgehead atoms. The molecule has 1 atom stereocenters. The van der Waals surface area contributed by atoms with Gasteiger partial charge >= 0.3 is 5.97 Å². The van der Waals surface area contributed by atoms with Gasteiger partial charge < -0.3 is 14.2 Å². The Morgan fingerprint density at radius 1 is 1.12 bits per heavy atom. The van der Waals surface area contributed by atoms with Gasteiger partial charge in [-0.2, -0.15) is 0 Å². The number of hydrogen-bond donors (Lipinski definition) is 0. The highest BCUT2D eigenvalue weighted by molar-refractivity contribution is 5.90. The van der Waals surface area contributed by atoms with Gasteiger partial charge in [0.25, 0.3) is 0 Å². The number of likely N-dealkylation sites (N-methyl/N-ethyl adjacent to an activating group) is 1. The second-order valence-electron chi connectivity index (χ2n) is 6.26. The van der Waals surface area contributed by atoms with Crippen LogP contribution in [0.1, 0.15) is 22.8 Å². The number of rotatable bonds is 6. The van der Waals surface area contributed by atoms with Gasteiger partial charge in [0, 0.05) is 13.1 Å². The molecular formula is C20H23NO4. The number of hydrogen-bond acceptors (Lipinski definition) is 5. The van der Waals surface area contributed by atoms with Gasteiger partial charge in [-0.05, 0) is 37.7 Å². The average Bonchev–Trinajstić information content (AvgIpc) is 2.61. The van der Waals surface area contributed by atoms with E-state index in [1.54, 1.807) is 18.2 Å². The number of nitrogens with zero attached hydrogens (tertiary/aromatic N) is 1. The van der Waals surface area contributed by atoms with Crippen molar-refractivity contribution in [3.8, 4) is 11.5 Å². The summed E-state index contributed by atoms with van der Waals surface area (Å²) in [5.41, 5.74) is 1.71. The maximum atomic E-state index is 12.3. The second kappa shape index (κ2) is 8.03. The lowest BCUT2D eigenvalue weighted by molar-refractivity contribution is 0.0267. The minimum atomic E-state index is -0.349. The molecule has 1 aliphatic rings. The molecule has 2 aromatic rings. The Morgan fingerprint density at radius 2 is 1.84 bits per heavy atom. The van der Waals surface area contributed by atoms with Crippen LogP contribution in [0.2, 0.25) is 0 Å². The third-order valence-electron chi connectivity index (χ3n) is 3.95. The summed E-state index contributed by atoms with van der Waals surface area (Å²) in [6, 6.07) is 15.3. The van der Waals surface area contributed by atoms with E-state index in [4.69, 9.17) is 14.2 Å². The van der Waals surface area contributed by atoms with Crippen molar-refractivity contribution in [1.29, 1.82) is 0 Å². The van der Waals surface area contributed by atoms with E-state index in [9.17, 15) is 4.79 Å². The summed E-state index contributed by atoms with van der Waals surface area (Å²) in [6.07, 6.45) is -0.214. The molecule has 0 saturated heterocycles. The van der Waals surface area contributed by atoms with Crippen molar-refractivity contribution in [1.82, 2.24) is 4.90 Å². The van der Waals surface area contributed by atoms with Crippen LogP contribution in [-0.4, -0.2) is 43.8 Å². The van der Waals surface area contributed by atoms with Crippen LogP contribution in [0.5, 0.6) is 11.5 Å². The lowest BCUT2D eigenvalue weighted by Crippen LogP contribution is -2.30. The van der Waals surface area contributed by atoms with Gasteiger partial charge in [0.1, 0.15) is 19.3 Å². The van der Waals surface area contributed by atoms with Gasteiger partial charge in [0.2, 0.25) is 0 Å². The van der Waals surface area contributed by atoms with Crippen LogP contribution in [0.25, 0.3) is 0 Å². The van der Waals surface area contributed by atoms with Crippen LogP contribution in [-0.2, 0) is 11.3 Å². The molecule has 25 heavy (non-hydrogen) atoms. The third-order valence-corrected chi connectivity index (χ3v) is 3.95. The number of fused-ring (bicyclic) bond motifs is 1. The highest BCUT2D eigenvalue weighted by Crippen LogP contribution is 2.31. The maximum absolute atomic E-state index is 12.3. The standard InChI is InChI=1S/C20H23NO4/c1-15(13-21(2)14-16-6-4-3-5-7-16)25-20(22)17-8-9-18-19(12-17)24-11-10-23-18/h3-9,12,15H,10-11,13-14H2,1-2H3/t15-/m0/s1. The van der Waals surface area contributed by atoms with Gasteiger partial charge in [-0.15, -0.1) is 0 Å².